The summed E-state index contributed by atoms with van der Waals surface area (Å²) in [7, 11) is 1.32. The molecule has 10 heteroatoms. The van der Waals surface area contributed by atoms with Gasteiger partial charge in [-0.1, -0.05) is 36.1 Å². The molecule has 150 valence electrons. The normalized spacial score (nSPS) is 15.1. The number of benzene rings is 1. The highest BCUT2D eigenvalue weighted by Crippen LogP contribution is 2.32. The molecule has 3 rings (SSSR count). The Morgan fingerprint density at radius 3 is 2.72 bits per heavy atom. The molecule has 1 aromatic heterocycles. The number of esters is 1. The first-order valence-corrected chi connectivity index (χ1v) is 10.7. The molecule has 1 aromatic carbocycles. The third-order valence-electron chi connectivity index (χ3n) is 3.97. The van der Waals surface area contributed by atoms with E-state index in [-0.39, 0.29) is 18.2 Å². The Balaban J connectivity index is 1.55. The van der Waals surface area contributed by atoms with E-state index in [1.807, 2.05) is 0 Å². The van der Waals surface area contributed by atoms with Gasteiger partial charge >= 0.3 is 5.97 Å². The Morgan fingerprint density at radius 1 is 1.31 bits per heavy atom. The maximum Gasteiger partial charge on any atom is 0.337 e. The quantitative estimate of drug-likeness (QED) is 0.394. The molecule has 1 N–H and O–H groups in total. The molecule has 0 radical (unpaired) electrons. The van der Waals surface area contributed by atoms with E-state index < -0.39 is 5.97 Å². The minimum Gasteiger partial charge on any atom is -0.465 e. The topological polar surface area (TPSA) is 88.6 Å². The average Bonchev–Trinajstić information content (AvgIpc) is 3.31. The minimum atomic E-state index is -0.415. The molecule has 0 unspecified atom stereocenters. The van der Waals surface area contributed by atoms with E-state index in [0.717, 1.165) is 5.56 Å². The molecular formula is C19H17N3O4S3. The Bertz CT molecular complexity index is 956. The van der Waals surface area contributed by atoms with E-state index in [1.54, 1.807) is 41.9 Å². The number of anilines is 1. The summed E-state index contributed by atoms with van der Waals surface area (Å²) in [5.74, 6) is -0.745. The molecule has 0 aliphatic carbocycles. The first kappa shape index (κ1) is 21.2. The van der Waals surface area contributed by atoms with Gasteiger partial charge in [-0.3, -0.25) is 14.5 Å². The van der Waals surface area contributed by atoms with E-state index in [1.165, 1.54) is 35.1 Å². The molecule has 1 saturated heterocycles. The van der Waals surface area contributed by atoms with Crippen molar-refractivity contribution in [2.45, 2.75) is 12.8 Å². The van der Waals surface area contributed by atoms with Crippen molar-refractivity contribution >= 4 is 68.6 Å². The fraction of sp³-hybridized carbons (Fsp3) is 0.211. The summed E-state index contributed by atoms with van der Waals surface area (Å²) < 4.78 is 5.14. The second-order valence-electron chi connectivity index (χ2n) is 5.94. The first-order chi connectivity index (χ1) is 14.0. The summed E-state index contributed by atoms with van der Waals surface area (Å²) in [6.45, 7) is 0.370. The molecule has 2 heterocycles. The van der Waals surface area contributed by atoms with Gasteiger partial charge in [-0.15, -0.1) is 11.3 Å². The second-order valence-corrected chi connectivity index (χ2v) is 8.51. The number of nitrogens with one attached hydrogen (secondary N) is 1. The SMILES string of the molecule is COC(=O)c1ccc(/C=C2\SC(=S)N(CCCC(=O)Nc3nccs3)C2=O)cc1. The van der Waals surface area contributed by atoms with Gasteiger partial charge in [0.1, 0.15) is 4.32 Å². The Hall–Kier alpha value is -2.56. The van der Waals surface area contributed by atoms with E-state index in [0.29, 0.717) is 32.9 Å². The number of carbonyl (C=O) groups is 3. The molecule has 1 aliphatic heterocycles. The van der Waals surface area contributed by atoms with E-state index >= 15 is 0 Å². The number of hydrogen-bond acceptors (Lipinski definition) is 8. The van der Waals surface area contributed by atoms with Gasteiger partial charge < -0.3 is 10.1 Å². The maximum atomic E-state index is 12.6. The largest absolute Gasteiger partial charge is 0.465 e. The zero-order chi connectivity index (χ0) is 20.8. The van der Waals surface area contributed by atoms with Crippen molar-refractivity contribution in [2.24, 2.45) is 0 Å². The van der Waals surface area contributed by atoms with Crippen LogP contribution >= 0.6 is 35.3 Å². The average molecular weight is 448 g/mol. The van der Waals surface area contributed by atoms with Crippen molar-refractivity contribution in [1.29, 1.82) is 0 Å². The first-order valence-electron chi connectivity index (χ1n) is 8.61. The summed E-state index contributed by atoms with van der Waals surface area (Å²) in [4.78, 5) is 42.1. The Kier molecular flexibility index (Phi) is 7.13. The zero-order valence-electron chi connectivity index (χ0n) is 15.4. The van der Waals surface area contributed by atoms with Gasteiger partial charge in [0.15, 0.2) is 5.13 Å². The number of thiazole rings is 1. The molecule has 0 spiro atoms. The molecule has 0 atom stereocenters. The van der Waals surface area contributed by atoms with Crippen LogP contribution in [0.2, 0.25) is 0 Å². The summed E-state index contributed by atoms with van der Waals surface area (Å²) >= 11 is 7.88. The van der Waals surface area contributed by atoms with Gasteiger partial charge in [-0.2, -0.15) is 0 Å². The van der Waals surface area contributed by atoms with Crippen molar-refractivity contribution in [3.8, 4) is 0 Å². The van der Waals surface area contributed by atoms with Crippen LogP contribution in [-0.4, -0.2) is 45.6 Å². The molecule has 0 bridgehead atoms. The van der Waals surface area contributed by atoms with Gasteiger partial charge in [0.25, 0.3) is 5.91 Å². The third-order valence-corrected chi connectivity index (χ3v) is 6.03. The molecule has 7 nitrogen and oxygen atoms in total. The van der Waals surface area contributed by atoms with Gasteiger partial charge in [0.2, 0.25) is 5.91 Å². The number of carbonyl (C=O) groups excluding carboxylic acids is 3. The number of rotatable bonds is 7. The predicted molar refractivity (Wildman–Crippen MR) is 118 cm³/mol. The molecule has 29 heavy (non-hydrogen) atoms. The number of thiocarbonyl (C=S) groups is 1. The van der Waals surface area contributed by atoms with Crippen molar-refractivity contribution in [2.75, 3.05) is 19.0 Å². The summed E-state index contributed by atoms with van der Waals surface area (Å²) in [6, 6.07) is 6.75. The van der Waals surface area contributed by atoms with E-state index in [4.69, 9.17) is 12.2 Å². The molecule has 1 aliphatic rings. The number of hydrogen-bond donors (Lipinski definition) is 1. The predicted octanol–water partition coefficient (Wildman–Crippen LogP) is 3.55. The Labute approximate surface area is 181 Å². The lowest BCUT2D eigenvalue weighted by Crippen LogP contribution is -2.29. The van der Waals surface area contributed by atoms with Crippen molar-refractivity contribution in [1.82, 2.24) is 9.88 Å². The number of ether oxygens (including phenoxy) is 1. The van der Waals surface area contributed by atoms with Crippen LogP contribution in [-0.2, 0) is 14.3 Å². The number of methoxy groups -OCH3 is 1. The summed E-state index contributed by atoms with van der Waals surface area (Å²) in [5.41, 5.74) is 1.22. The maximum absolute atomic E-state index is 12.6. The minimum absolute atomic E-state index is 0.147. The van der Waals surface area contributed by atoms with Crippen LogP contribution in [0.15, 0.2) is 40.7 Å². The van der Waals surface area contributed by atoms with Crippen LogP contribution in [0.5, 0.6) is 0 Å². The molecule has 2 amide bonds. The van der Waals surface area contributed by atoms with Crippen molar-refractivity contribution in [3.05, 3.63) is 51.9 Å². The van der Waals surface area contributed by atoms with Crippen LogP contribution in [0.4, 0.5) is 5.13 Å². The van der Waals surface area contributed by atoms with Crippen LogP contribution in [0.3, 0.4) is 0 Å². The lowest BCUT2D eigenvalue weighted by molar-refractivity contribution is -0.122. The number of nitrogens with zero attached hydrogens (tertiary/aromatic N) is 2. The zero-order valence-corrected chi connectivity index (χ0v) is 17.9. The highest BCUT2D eigenvalue weighted by molar-refractivity contribution is 8.26. The molecule has 2 aromatic rings. The van der Waals surface area contributed by atoms with E-state index in [2.05, 4.69) is 15.0 Å². The molecule has 0 saturated carbocycles. The smallest absolute Gasteiger partial charge is 0.337 e. The lowest BCUT2D eigenvalue weighted by Gasteiger charge is -2.13. The van der Waals surface area contributed by atoms with Crippen LogP contribution in [0, 0.1) is 0 Å². The number of amides is 2. The van der Waals surface area contributed by atoms with Gasteiger partial charge in [-0.25, -0.2) is 9.78 Å². The molecular weight excluding hydrogens is 430 g/mol. The third kappa shape index (κ3) is 5.49. The number of aromatic nitrogens is 1. The standard InChI is InChI=1S/C19H17N3O4S3/c1-26-17(25)13-6-4-12(5-7-13)11-14-16(24)22(19(27)29-14)9-2-3-15(23)21-18-20-8-10-28-18/h4-8,10-11H,2-3,9H2,1H3,(H,20,21,23)/b14-11-. The van der Waals surface area contributed by atoms with Crippen LogP contribution in [0.1, 0.15) is 28.8 Å². The summed E-state index contributed by atoms with van der Waals surface area (Å²) in [6.07, 6.45) is 4.11. The van der Waals surface area contributed by atoms with Gasteiger partial charge in [0, 0.05) is 24.5 Å². The number of thioether (sulfide) groups is 1. The highest BCUT2D eigenvalue weighted by Gasteiger charge is 2.31. The monoisotopic (exact) mass is 447 g/mol. The molecule has 1 fully saturated rings. The lowest BCUT2D eigenvalue weighted by atomic mass is 10.1. The summed E-state index contributed by atoms with van der Waals surface area (Å²) in [5, 5.41) is 5.05. The second kappa shape index (κ2) is 9.77. The van der Waals surface area contributed by atoms with Crippen molar-refractivity contribution in [3.63, 3.8) is 0 Å². The Morgan fingerprint density at radius 2 is 2.07 bits per heavy atom. The van der Waals surface area contributed by atoms with Gasteiger partial charge in [0.05, 0.1) is 17.6 Å². The van der Waals surface area contributed by atoms with Crippen LogP contribution < -0.4 is 5.32 Å². The van der Waals surface area contributed by atoms with Crippen LogP contribution in [0.25, 0.3) is 6.08 Å². The fourth-order valence-electron chi connectivity index (χ4n) is 2.54. The van der Waals surface area contributed by atoms with Crippen molar-refractivity contribution < 1.29 is 19.1 Å². The van der Waals surface area contributed by atoms with Gasteiger partial charge in [-0.05, 0) is 30.2 Å². The fourth-order valence-corrected chi connectivity index (χ4v) is 4.40. The van der Waals surface area contributed by atoms with E-state index in [9.17, 15) is 14.4 Å². The highest BCUT2D eigenvalue weighted by atomic mass is 32.2.